The Morgan fingerprint density at radius 3 is 1.95 bits per heavy atom. The van der Waals surface area contributed by atoms with Gasteiger partial charge in [0.05, 0.1) is 0 Å². The minimum absolute atomic E-state index is 0.0290. The number of hydrogen-bond donors (Lipinski definition) is 2. The van der Waals surface area contributed by atoms with Crippen molar-refractivity contribution in [2.45, 2.75) is 71.5 Å². The first-order valence-electron chi connectivity index (χ1n) is 7.34. The second-order valence-electron chi connectivity index (χ2n) is 7.27. The van der Waals surface area contributed by atoms with E-state index in [1.54, 1.807) is 0 Å². The van der Waals surface area contributed by atoms with Crippen molar-refractivity contribution >= 4 is 11.9 Å². The summed E-state index contributed by atoms with van der Waals surface area (Å²) in [5.41, 5.74) is 10.6. The van der Waals surface area contributed by atoms with Gasteiger partial charge in [0.2, 0.25) is 5.91 Å². The number of carbonyl (C=O) groups is 2. The van der Waals surface area contributed by atoms with Crippen LogP contribution in [-0.2, 0) is 14.3 Å². The molecule has 0 aliphatic rings. The number of amides is 1. The summed E-state index contributed by atoms with van der Waals surface area (Å²) in [5, 5.41) is 0. The van der Waals surface area contributed by atoms with E-state index in [1.807, 2.05) is 0 Å². The van der Waals surface area contributed by atoms with Crippen molar-refractivity contribution in [2.75, 3.05) is 13.2 Å². The fraction of sp³-hybridized carbons (Fsp3) is 0.867. The molecule has 0 spiro atoms. The van der Waals surface area contributed by atoms with Crippen molar-refractivity contribution in [3.63, 3.8) is 0 Å². The van der Waals surface area contributed by atoms with Gasteiger partial charge in [-0.1, -0.05) is 0 Å². The number of hydrogen-bond acceptors (Lipinski definition) is 5. The fourth-order valence-electron chi connectivity index (χ4n) is 2.44. The molecule has 0 rings (SSSR count). The highest BCUT2D eigenvalue weighted by Gasteiger charge is 2.31. The standard InChI is InChI=1S/C15H31N3O3/c1-14(2,3)18(15(4,5)6)9-10-21-13(20)11(16)7-8-12(17)19/h11H,7-10,16H2,1-6H3,(H2,17,19). The van der Waals surface area contributed by atoms with Crippen LogP contribution in [0.5, 0.6) is 0 Å². The predicted molar refractivity (Wildman–Crippen MR) is 83.6 cm³/mol. The lowest BCUT2D eigenvalue weighted by Crippen LogP contribution is -2.54. The molecule has 0 aromatic rings. The van der Waals surface area contributed by atoms with Gasteiger partial charge < -0.3 is 16.2 Å². The lowest BCUT2D eigenvalue weighted by atomic mass is 9.96. The van der Waals surface area contributed by atoms with E-state index >= 15 is 0 Å². The summed E-state index contributed by atoms with van der Waals surface area (Å²) in [6.45, 7) is 13.6. The van der Waals surface area contributed by atoms with E-state index < -0.39 is 17.9 Å². The number of ether oxygens (including phenoxy) is 1. The first-order chi connectivity index (χ1) is 9.35. The van der Waals surface area contributed by atoms with Crippen LogP contribution in [0.15, 0.2) is 0 Å². The van der Waals surface area contributed by atoms with Crippen LogP contribution in [0, 0.1) is 0 Å². The molecule has 0 fully saturated rings. The van der Waals surface area contributed by atoms with Gasteiger partial charge in [-0.15, -0.1) is 0 Å². The lowest BCUT2D eigenvalue weighted by Gasteiger charge is -2.45. The Morgan fingerprint density at radius 1 is 1.10 bits per heavy atom. The number of esters is 1. The van der Waals surface area contributed by atoms with Crippen molar-refractivity contribution in [1.29, 1.82) is 0 Å². The van der Waals surface area contributed by atoms with Crippen LogP contribution in [0.25, 0.3) is 0 Å². The van der Waals surface area contributed by atoms with Crippen molar-refractivity contribution in [3.05, 3.63) is 0 Å². The maximum absolute atomic E-state index is 11.7. The molecule has 0 aliphatic heterocycles. The van der Waals surface area contributed by atoms with Crippen LogP contribution < -0.4 is 11.5 Å². The summed E-state index contributed by atoms with van der Waals surface area (Å²) in [6, 6.07) is -0.796. The van der Waals surface area contributed by atoms with Crippen LogP contribution >= 0.6 is 0 Å². The van der Waals surface area contributed by atoms with Gasteiger partial charge in [0.25, 0.3) is 0 Å². The summed E-state index contributed by atoms with van der Waals surface area (Å²) >= 11 is 0. The Hall–Kier alpha value is -1.14. The van der Waals surface area contributed by atoms with Gasteiger partial charge in [-0.25, -0.2) is 0 Å². The largest absolute Gasteiger partial charge is 0.463 e. The van der Waals surface area contributed by atoms with Gasteiger partial charge in [0.1, 0.15) is 12.6 Å². The Labute approximate surface area is 128 Å². The molecule has 0 aromatic carbocycles. The molecule has 124 valence electrons. The van der Waals surface area contributed by atoms with Gasteiger partial charge in [-0.3, -0.25) is 14.5 Å². The van der Waals surface area contributed by atoms with Gasteiger partial charge in [0, 0.05) is 24.0 Å². The third kappa shape index (κ3) is 8.02. The molecule has 0 aromatic heterocycles. The summed E-state index contributed by atoms with van der Waals surface area (Å²) in [4.78, 5) is 24.6. The Morgan fingerprint density at radius 2 is 1.57 bits per heavy atom. The molecule has 6 heteroatoms. The highest BCUT2D eigenvalue weighted by molar-refractivity contribution is 5.78. The zero-order valence-corrected chi connectivity index (χ0v) is 14.2. The van der Waals surface area contributed by atoms with Crippen molar-refractivity contribution < 1.29 is 14.3 Å². The SMILES string of the molecule is CC(C)(C)N(CCOC(=O)C(N)CCC(N)=O)C(C)(C)C. The van der Waals surface area contributed by atoms with E-state index in [0.717, 1.165) is 0 Å². The molecule has 1 atom stereocenters. The minimum atomic E-state index is -0.796. The normalized spacial score (nSPS) is 14.1. The highest BCUT2D eigenvalue weighted by atomic mass is 16.5. The van der Waals surface area contributed by atoms with Crippen molar-refractivity contribution in [2.24, 2.45) is 11.5 Å². The van der Waals surface area contributed by atoms with E-state index in [2.05, 4.69) is 46.4 Å². The Kier molecular flexibility index (Phi) is 7.33. The number of primary amides is 1. The number of nitrogens with two attached hydrogens (primary N) is 2. The molecule has 6 nitrogen and oxygen atoms in total. The summed E-state index contributed by atoms with van der Waals surface area (Å²) in [5.74, 6) is -0.955. The van der Waals surface area contributed by atoms with Crippen LogP contribution in [0.3, 0.4) is 0 Å². The van der Waals surface area contributed by atoms with Gasteiger partial charge in [0.15, 0.2) is 0 Å². The topological polar surface area (TPSA) is 98.7 Å². The quantitative estimate of drug-likeness (QED) is 0.684. The number of rotatable bonds is 7. The first-order valence-corrected chi connectivity index (χ1v) is 7.34. The monoisotopic (exact) mass is 301 g/mol. The minimum Gasteiger partial charge on any atom is -0.463 e. The smallest absolute Gasteiger partial charge is 0.322 e. The Balaban J connectivity index is 4.33. The number of nitrogens with zero attached hydrogens (tertiary/aromatic N) is 1. The number of carbonyl (C=O) groups excluding carboxylic acids is 2. The highest BCUT2D eigenvalue weighted by Crippen LogP contribution is 2.24. The maximum Gasteiger partial charge on any atom is 0.322 e. The van der Waals surface area contributed by atoms with Crippen LogP contribution in [0.2, 0.25) is 0 Å². The van der Waals surface area contributed by atoms with Crippen molar-refractivity contribution in [1.82, 2.24) is 4.90 Å². The zero-order valence-electron chi connectivity index (χ0n) is 14.2. The maximum atomic E-state index is 11.7. The molecular formula is C15H31N3O3. The summed E-state index contributed by atoms with van der Waals surface area (Å²) < 4.78 is 5.20. The van der Waals surface area contributed by atoms with Crippen LogP contribution in [-0.4, -0.2) is 47.0 Å². The van der Waals surface area contributed by atoms with Gasteiger partial charge in [-0.2, -0.15) is 0 Å². The van der Waals surface area contributed by atoms with E-state index in [0.29, 0.717) is 6.54 Å². The average Bonchev–Trinajstić information content (AvgIpc) is 2.27. The van der Waals surface area contributed by atoms with Crippen molar-refractivity contribution in [3.8, 4) is 0 Å². The van der Waals surface area contributed by atoms with E-state index in [4.69, 9.17) is 16.2 Å². The second kappa shape index (κ2) is 7.75. The molecule has 0 saturated carbocycles. The molecule has 0 heterocycles. The second-order valence-corrected chi connectivity index (χ2v) is 7.27. The molecule has 0 aliphatic carbocycles. The van der Waals surface area contributed by atoms with Gasteiger partial charge in [-0.05, 0) is 48.0 Å². The molecule has 1 unspecified atom stereocenters. The summed E-state index contributed by atoms with van der Waals surface area (Å²) in [6.07, 6.45) is 0.308. The fourth-order valence-corrected chi connectivity index (χ4v) is 2.44. The molecule has 0 radical (unpaired) electrons. The average molecular weight is 301 g/mol. The first kappa shape index (κ1) is 19.9. The van der Waals surface area contributed by atoms with E-state index in [1.165, 1.54) is 0 Å². The third-order valence-corrected chi connectivity index (χ3v) is 3.18. The molecule has 1 amide bonds. The van der Waals surface area contributed by atoms with E-state index in [-0.39, 0.29) is 30.5 Å². The lowest BCUT2D eigenvalue weighted by molar-refractivity contribution is -0.146. The van der Waals surface area contributed by atoms with E-state index in [9.17, 15) is 9.59 Å². The molecule has 4 N–H and O–H groups in total. The molecule has 21 heavy (non-hydrogen) atoms. The molecular weight excluding hydrogens is 270 g/mol. The zero-order chi connectivity index (χ0) is 16.8. The van der Waals surface area contributed by atoms with Crippen LogP contribution in [0.1, 0.15) is 54.4 Å². The predicted octanol–water partition coefficient (Wildman–Crippen LogP) is 1.02. The Bertz CT molecular complexity index is 342. The van der Waals surface area contributed by atoms with Gasteiger partial charge >= 0.3 is 5.97 Å². The molecule has 0 saturated heterocycles. The summed E-state index contributed by atoms with van der Waals surface area (Å²) in [7, 11) is 0. The van der Waals surface area contributed by atoms with Crippen LogP contribution in [0.4, 0.5) is 0 Å². The molecule has 0 bridgehead atoms. The third-order valence-electron chi connectivity index (χ3n) is 3.18.